The molecule has 0 aliphatic carbocycles. The lowest BCUT2D eigenvalue weighted by atomic mass is 9.95. The van der Waals surface area contributed by atoms with Crippen molar-refractivity contribution in [3.63, 3.8) is 0 Å². The number of Topliss-reactive ketones (excluding diaryl/α,β-unsaturated/α-hetero) is 1. The van der Waals surface area contributed by atoms with Crippen molar-refractivity contribution in [3.05, 3.63) is 89.5 Å². The van der Waals surface area contributed by atoms with E-state index in [1.807, 2.05) is 6.07 Å². The van der Waals surface area contributed by atoms with E-state index in [1.165, 1.54) is 4.90 Å². The van der Waals surface area contributed by atoms with Crippen LogP contribution in [0.5, 0.6) is 11.5 Å². The van der Waals surface area contributed by atoms with Crippen LogP contribution >= 0.6 is 0 Å². The minimum Gasteiger partial charge on any atom is -0.507 e. The predicted octanol–water partition coefficient (Wildman–Crippen LogP) is 2.87. The number of rotatable bonds is 4. The normalized spacial score (nSPS) is 19.2. The fourth-order valence-electron chi connectivity index (χ4n) is 3.97. The standard InChI is InChI=1S/C24H19N3O5/c28-22(17-3-4-18-19(12-17)32-11-10-31-18)20-21(16-5-8-25-9-6-16)27(24(30)23(20)29)14-15-2-1-7-26-13-15/h1-9,12-13,21,28H,10-11,14H2/b22-20-. The Bertz CT molecular complexity index is 1210. The Morgan fingerprint density at radius 2 is 1.78 bits per heavy atom. The van der Waals surface area contributed by atoms with Crippen LogP contribution in [-0.4, -0.2) is 44.9 Å². The number of aromatic nitrogens is 2. The lowest BCUT2D eigenvalue weighted by molar-refractivity contribution is -0.140. The van der Waals surface area contributed by atoms with E-state index in [2.05, 4.69) is 9.97 Å². The molecule has 1 aromatic carbocycles. The molecular weight excluding hydrogens is 410 g/mol. The molecule has 1 saturated heterocycles. The molecule has 0 radical (unpaired) electrons. The van der Waals surface area contributed by atoms with E-state index in [9.17, 15) is 14.7 Å². The monoisotopic (exact) mass is 429 g/mol. The molecule has 8 heteroatoms. The number of likely N-dealkylation sites (tertiary alicyclic amines) is 1. The fraction of sp³-hybridized carbons (Fsp3) is 0.167. The van der Waals surface area contributed by atoms with E-state index in [4.69, 9.17) is 9.47 Å². The summed E-state index contributed by atoms with van der Waals surface area (Å²) < 4.78 is 11.1. The molecule has 4 heterocycles. The first-order chi connectivity index (χ1) is 15.6. The maximum Gasteiger partial charge on any atom is 0.295 e. The number of carbonyl (C=O) groups is 2. The lowest BCUT2D eigenvalue weighted by Gasteiger charge is -2.25. The number of aliphatic hydroxyl groups excluding tert-OH is 1. The summed E-state index contributed by atoms with van der Waals surface area (Å²) in [4.78, 5) is 35.7. The van der Waals surface area contributed by atoms with Crippen LogP contribution in [0.2, 0.25) is 0 Å². The summed E-state index contributed by atoms with van der Waals surface area (Å²) in [5.74, 6) is -0.658. The Kier molecular flexibility index (Phi) is 5.03. The van der Waals surface area contributed by atoms with Gasteiger partial charge in [0, 0.05) is 36.9 Å². The van der Waals surface area contributed by atoms with Gasteiger partial charge in [-0.1, -0.05) is 6.07 Å². The van der Waals surface area contributed by atoms with E-state index in [-0.39, 0.29) is 17.9 Å². The summed E-state index contributed by atoms with van der Waals surface area (Å²) in [6.07, 6.45) is 6.46. The molecule has 2 aliphatic rings. The predicted molar refractivity (Wildman–Crippen MR) is 114 cm³/mol. The van der Waals surface area contributed by atoms with Crippen molar-refractivity contribution in [3.8, 4) is 11.5 Å². The molecule has 32 heavy (non-hydrogen) atoms. The quantitative estimate of drug-likeness (QED) is 0.387. The van der Waals surface area contributed by atoms with Crippen LogP contribution in [0.25, 0.3) is 5.76 Å². The van der Waals surface area contributed by atoms with Crippen molar-refractivity contribution in [2.24, 2.45) is 0 Å². The SMILES string of the molecule is O=C1C(=O)N(Cc2cccnc2)C(c2ccncc2)/C1=C(/O)c1ccc2c(c1)OCCO2. The van der Waals surface area contributed by atoms with Crippen molar-refractivity contribution in [2.75, 3.05) is 13.2 Å². The topological polar surface area (TPSA) is 102 Å². The second-order valence-corrected chi connectivity index (χ2v) is 7.43. The lowest BCUT2D eigenvalue weighted by Crippen LogP contribution is -2.29. The number of nitrogens with zero attached hydrogens (tertiary/aromatic N) is 3. The summed E-state index contributed by atoms with van der Waals surface area (Å²) in [6, 6.07) is 11.2. The number of pyridine rings is 2. The molecule has 2 aromatic heterocycles. The molecule has 3 aromatic rings. The zero-order chi connectivity index (χ0) is 22.1. The molecule has 1 N–H and O–H groups in total. The van der Waals surface area contributed by atoms with Gasteiger partial charge in [0.2, 0.25) is 0 Å². The molecule has 160 valence electrons. The first-order valence-electron chi connectivity index (χ1n) is 10.1. The highest BCUT2D eigenvalue weighted by Crippen LogP contribution is 2.41. The van der Waals surface area contributed by atoms with Gasteiger partial charge in [0.15, 0.2) is 11.5 Å². The van der Waals surface area contributed by atoms with E-state index in [1.54, 1.807) is 61.2 Å². The Labute approximate surface area is 183 Å². The van der Waals surface area contributed by atoms with Gasteiger partial charge < -0.3 is 19.5 Å². The van der Waals surface area contributed by atoms with Crippen LogP contribution in [-0.2, 0) is 16.1 Å². The third-order valence-corrected chi connectivity index (χ3v) is 5.45. The second-order valence-electron chi connectivity index (χ2n) is 7.43. The van der Waals surface area contributed by atoms with Crippen molar-refractivity contribution in [2.45, 2.75) is 12.6 Å². The van der Waals surface area contributed by atoms with E-state index in [0.29, 0.717) is 35.8 Å². The van der Waals surface area contributed by atoms with Crippen molar-refractivity contribution in [1.82, 2.24) is 14.9 Å². The van der Waals surface area contributed by atoms with Crippen LogP contribution in [0, 0.1) is 0 Å². The van der Waals surface area contributed by atoms with Crippen molar-refractivity contribution >= 4 is 17.4 Å². The van der Waals surface area contributed by atoms with Gasteiger partial charge in [-0.25, -0.2) is 0 Å². The molecule has 0 saturated carbocycles. The Morgan fingerprint density at radius 1 is 1.00 bits per heavy atom. The Morgan fingerprint density at radius 3 is 2.53 bits per heavy atom. The van der Waals surface area contributed by atoms with E-state index >= 15 is 0 Å². The molecule has 0 bridgehead atoms. The zero-order valence-corrected chi connectivity index (χ0v) is 17.0. The Balaban J connectivity index is 1.62. The minimum atomic E-state index is -0.772. The molecule has 1 amide bonds. The average molecular weight is 429 g/mol. The summed E-state index contributed by atoms with van der Waals surface area (Å²) in [6.45, 7) is 1.01. The number of aliphatic hydroxyl groups is 1. The highest BCUT2D eigenvalue weighted by molar-refractivity contribution is 6.46. The van der Waals surface area contributed by atoms with Crippen LogP contribution < -0.4 is 9.47 Å². The zero-order valence-electron chi connectivity index (χ0n) is 17.0. The number of benzene rings is 1. The fourth-order valence-corrected chi connectivity index (χ4v) is 3.97. The summed E-state index contributed by atoms with van der Waals surface area (Å²) in [5, 5.41) is 11.2. The van der Waals surface area contributed by atoms with E-state index in [0.717, 1.165) is 5.56 Å². The number of amides is 1. The minimum absolute atomic E-state index is 0.0155. The van der Waals surface area contributed by atoms with Gasteiger partial charge in [0.25, 0.3) is 11.7 Å². The second kappa shape index (κ2) is 8.14. The van der Waals surface area contributed by atoms with Gasteiger partial charge in [-0.2, -0.15) is 0 Å². The number of fused-ring (bicyclic) bond motifs is 1. The van der Waals surface area contributed by atoms with Gasteiger partial charge in [-0.3, -0.25) is 19.6 Å². The van der Waals surface area contributed by atoms with Crippen LogP contribution in [0.15, 0.2) is 72.8 Å². The third-order valence-electron chi connectivity index (χ3n) is 5.45. The highest BCUT2D eigenvalue weighted by atomic mass is 16.6. The number of ketones is 1. The molecule has 1 atom stereocenters. The van der Waals surface area contributed by atoms with Gasteiger partial charge >= 0.3 is 0 Å². The molecule has 1 unspecified atom stereocenters. The average Bonchev–Trinajstić information content (AvgIpc) is 3.09. The number of ether oxygens (including phenoxy) is 2. The molecule has 2 aliphatic heterocycles. The van der Waals surface area contributed by atoms with Gasteiger partial charge in [-0.15, -0.1) is 0 Å². The molecule has 8 nitrogen and oxygen atoms in total. The number of hydrogen-bond acceptors (Lipinski definition) is 7. The maximum atomic E-state index is 13.1. The van der Waals surface area contributed by atoms with Crippen LogP contribution in [0.3, 0.4) is 0 Å². The molecular formula is C24H19N3O5. The molecule has 1 fully saturated rings. The Hall–Kier alpha value is -4.20. The summed E-state index contributed by atoms with van der Waals surface area (Å²) >= 11 is 0. The van der Waals surface area contributed by atoms with Crippen LogP contribution in [0.1, 0.15) is 22.7 Å². The van der Waals surface area contributed by atoms with Gasteiger partial charge in [0.05, 0.1) is 11.6 Å². The number of carbonyl (C=O) groups excluding carboxylic acids is 2. The first kappa shape index (κ1) is 19.7. The van der Waals surface area contributed by atoms with Crippen molar-refractivity contribution < 1.29 is 24.2 Å². The van der Waals surface area contributed by atoms with E-state index < -0.39 is 17.7 Å². The summed E-state index contributed by atoms with van der Waals surface area (Å²) in [5.41, 5.74) is 1.82. The number of hydrogen-bond donors (Lipinski definition) is 1. The van der Waals surface area contributed by atoms with Crippen LogP contribution in [0.4, 0.5) is 0 Å². The first-order valence-corrected chi connectivity index (χ1v) is 10.1. The highest BCUT2D eigenvalue weighted by Gasteiger charge is 2.46. The molecule has 5 rings (SSSR count). The smallest absolute Gasteiger partial charge is 0.295 e. The maximum absolute atomic E-state index is 13.1. The summed E-state index contributed by atoms with van der Waals surface area (Å²) in [7, 11) is 0. The van der Waals surface area contributed by atoms with Gasteiger partial charge in [-0.05, 0) is 47.5 Å². The molecule has 0 spiro atoms. The third kappa shape index (κ3) is 3.45. The van der Waals surface area contributed by atoms with Gasteiger partial charge in [0.1, 0.15) is 19.0 Å². The largest absolute Gasteiger partial charge is 0.507 e. The van der Waals surface area contributed by atoms with Crippen molar-refractivity contribution in [1.29, 1.82) is 0 Å².